The Bertz CT molecular complexity index is 717. The summed E-state index contributed by atoms with van der Waals surface area (Å²) in [6.07, 6.45) is 11.0. The fourth-order valence-corrected chi connectivity index (χ4v) is 2.27. The molecular formula is C20H16O2. The van der Waals surface area contributed by atoms with Crippen molar-refractivity contribution in [3.8, 4) is 30.4 Å². The van der Waals surface area contributed by atoms with Crippen molar-refractivity contribution in [2.45, 2.75) is 12.3 Å². The maximum absolute atomic E-state index is 12.9. The SMILES string of the molecule is C#CCOc1ccccc1C(=O)C(CC#C)c1ccccc1. The lowest BCUT2D eigenvalue weighted by Gasteiger charge is -2.16. The van der Waals surface area contributed by atoms with Gasteiger partial charge in [0.2, 0.25) is 0 Å². The molecule has 0 heterocycles. The number of carbonyl (C=O) groups is 1. The third kappa shape index (κ3) is 3.57. The van der Waals surface area contributed by atoms with Crippen molar-refractivity contribution in [1.82, 2.24) is 0 Å². The van der Waals surface area contributed by atoms with E-state index < -0.39 is 0 Å². The van der Waals surface area contributed by atoms with E-state index in [4.69, 9.17) is 17.6 Å². The lowest BCUT2D eigenvalue weighted by molar-refractivity contribution is 0.0957. The van der Waals surface area contributed by atoms with Crippen LogP contribution in [0.25, 0.3) is 0 Å². The van der Waals surface area contributed by atoms with E-state index in [1.165, 1.54) is 0 Å². The summed E-state index contributed by atoms with van der Waals surface area (Å²) in [4.78, 5) is 12.9. The van der Waals surface area contributed by atoms with Gasteiger partial charge in [0.15, 0.2) is 5.78 Å². The second-order valence-corrected chi connectivity index (χ2v) is 4.72. The lowest BCUT2D eigenvalue weighted by Crippen LogP contribution is -2.14. The summed E-state index contributed by atoms with van der Waals surface area (Å²) in [5, 5.41) is 0. The summed E-state index contributed by atoms with van der Waals surface area (Å²) in [7, 11) is 0. The number of terminal acetylenes is 2. The Hall–Kier alpha value is -2.97. The number of ether oxygens (including phenoxy) is 1. The average Bonchev–Trinajstić information content (AvgIpc) is 2.58. The number of Topliss-reactive ketones (excluding diaryl/α,β-unsaturated/α-hetero) is 1. The third-order valence-electron chi connectivity index (χ3n) is 3.30. The van der Waals surface area contributed by atoms with Gasteiger partial charge in [-0.15, -0.1) is 18.8 Å². The second kappa shape index (κ2) is 7.72. The normalized spacial score (nSPS) is 11.0. The molecule has 2 rings (SSSR count). The zero-order valence-corrected chi connectivity index (χ0v) is 12.2. The minimum absolute atomic E-state index is 0.0585. The molecule has 0 aliphatic heterocycles. The summed E-state index contributed by atoms with van der Waals surface area (Å²) >= 11 is 0. The molecule has 0 aromatic heterocycles. The van der Waals surface area contributed by atoms with E-state index in [1.54, 1.807) is 24.3 Å². The number of para-hydroxylation sites is 1. The molecule has 0 radical (unpaired) electrons. The van der Waals surface area contributed by atoms with Crippen LogP contribution in [0.4, 0.5) is 0 Å². The summed E-state index contributed by atoms with van der Waals surface area (Å²) in [6.45, 7) is 0.120. The largest absolute Gasteiger partial charge is 0.480 e. The molecule has 2 nitrogen and oxygen atoms in total. The molecule has 2 aromatic carbocycles. The van der Waals surface area contributed by atoms with E-state index in [-0.39, 0.29) is 18.3 Å². The Kier molecular flexibility index (Phi) is 5.41. The Morgan fingerprint density at radius 1 is 1.00 bits per heavy atom. The molecule has 1 unspecified atom stereocenters. The molecule has 108 valence electrons. The van der Waals surface area contributed by atoms with Crippen LogP contribution in [0.1, 0.15) is 28.3 Å². The first-order chi connectivity index (χ1) is 10.8. The van der Waals surface area contributed by atoms with Gasteiger partial charge in [-0.2, -0.15) is 0 Å². The number of hydrogen-bond acceptors (Lipinski definition) is 2. The Labute approximate surface area is 131 Å². The van der Waals surface area contributed by atoms with Gasteiger partial charge in [-0.25, -0.2) is 0 Å². The quantitative estimate of drug-likeness (QED) is 0.598. The van der Waals surface area contributed by atoms with Gasteiger partial charge in [-0.1, -0.05) is 48.4 Å². The highest BCUT2D eigenvalue weighted by molar-refractivity contribution is 6.03. The average molecular weight is 288 g/mol. The van der Waals surface area contributed by atoms with Crippen molar-refractivity contribution in [3.05, 3.63) is 65.7 Å². The van der Waals surface area contributed by atoms with Crippen LogP contribution < -0.4 is 4.74 Å². The number of ketones is 1. The highest BCUT2D eigenvalue weighted by Crippen LogP contribution is 2.28. The number of carbonyl (C=O) groups excluding carboxylic acids is 1. The van der Waals surface area contributed by atoms with Crippen molar-refractivity contribution in [2.75, 3.05) is 6.61 Å². The van der Waals surface area contributed by atoms with Crippen LogP contribution in [0, 0.1) is 24.7 Å². The topological polar surface area (TPSA) is 26.3 Å². The van der Waals surface area contributed by atoms with Gasteiger partial charge in [0, 0.05) is 6.42 Å². The summed E-state index contributed by atoms with van der Waals surface area (Å²) in [6, 6.07) is 16.6. The molecule has 0 N–H and O–H groups in total. The van der Waals surface area contributed by atoms with E-state index in [1.807, 2.05) is 30.3 Å². The summed E-state index contributed by atoms with van der Waals surface area (Å²) < 4.78 is 5.46. The standard InChI is InChI=1S/C20H16O2/c1-3-10-17(16-11-6-5-7-12-16)20(21)18-13-8-9-14-19(18)22-15-4-2/h1-2,5-9,11-14,17H,10,15H2. The fraction of sp³-hybridized carbons (Fsp3) is 0.150. The van der Waals surface area contributed by atoms with Crippen LogP contribution in [-0.2, 0) is 0 Å². The Morgan fingerprint density at radius 3 is 2.36 bits per heavy atom. The van der Waals surface area contributed by atoms with E-state index in [2.05, 4.69) is 11.8 Å². The van der Waals surface area contributed by atoms with E-state index in [0.29, 0.717) is 17.7 Å². The predicted octanol–water partition coefficient (Wildman–Crippen LogP) is 3.69. The van der Waals surface area contributed by atoms with Crippen LogP contribution in [-0.4, -0.2) is 12.4 Å². The van der Waals surface area contributed by atoms with Crippen molar-refractivity contribution >= 4 is 5.78 Å². The number of benzene rings is 2. The molecule has 0 aliphatic rings. The molecule has 0 bridgehead atoms. The van der Waals surface area contributed by atoms with Crippen molar-refractivity contribution < 1.29 is 9.53 Å². The monoisotopic (exact) mass is 288 g/mol. The van der Waals surface area contributed by atoms with Gasteiger partial charge in [0.25, 0.3) is 0 Å². The van der Waals surface area contributed by atoms with Crippen molar-refractivity contribution in [3.63, 3.8) is 0 Å². The minimum atomic E-state index is -0.387. The molecule has 2 aromatic rings. The smallest absolute Gasteiger partial charge is 0.174 e. The van der Waals surface area contributed by atoms with E-state index in [0.717, 1.165) is 5.56 Å². The fourth-order valence-electron chi connectivity index (χ4n) is 2.27. The highest BCUT2D eigenvalue weighted by Gasteiger charge is 2.23. The summed E-state index contributed by atoms with van der Waals surface area (Å²) in [5.41, 5.74) is 1.40. The number of rotatable bonds is 6. The summed E-state index contributed by atoms with van der Waals surface area (Å²) in [5.74, 6) is 5.03. The first-order valence-electron chi connectivity index (χ1n) is 6.96. The molecule has 0 amide bonds. The number of hydrogen-bond donors (Lipinski definition) is 0. The van der Waals surface area contributed by atoms with Crippen molar-refractivity contribution in [1.29, 1.82) is 0 Å². The molecule has 22 heavy (non-hydrogen) atoms. The minimum Gasteiger partial charge on any atom is -0.480 e. The first-order valence-corrected chi connectivity index (χ1v) is 6.96. The molecule has 0 saturated heterocycles. The highest BCUT2D eigenvalue weighted by atomic mass is 16.5. The van der Waals surface area contributed by atoms with Crippen molar-refractivity contribution in [2.24, 2.45) is 0 Å². The molecule has 0 aliphatic carbocycles. The van der Waals surface area contributed by atoms with Gasteiger partial charge in [-0.3, -0.25) is 4.79 Å². The van der Waals surface area contributed by atoms with E-state index >= 15 is 0 Å². The maximum Gasteiger partial charge on any atom is 0.174 e. The van der Waals surface area contributed by atoms with Crippen LogP contribution >= 0.6 is 0 Å². The second-order valence-electron chi connectivity index (χ2n) is 4.72. The molecule has 0 spiro atoms. The first kappa shape index (κ1) is 15.4. The van der Waals surface area contributed by atoms with Crippen LogP contribution in [0.5, 0.6) is 5.75 Å². The van der Waals surface area contributed by atoms with Crippen LogP contribution in [0.2, 0.25) is 0 Å². The van der Waals surface area contributed by atoms with Crippen LogP contribution in [0.3, 0.4) is 0 Å². The third-order valence-corrected chi connectivity index (χ3v) is 3.30. The molecule has 0 fully saturated rings. The van der Waals surface area contributed by atoms with Crippen LogP contribution in [0.15, 0.2) is 54.6 Å². The van der Waals surface area contributed by atoms with Gasteiger partial charge >= 0.3 is 0 Å². The van der Waals surface area contributed by atoms with Gasteiger partial charge in [0.05, 0.1) is 11.5 Å². The predicted molar refractivity (Wildman–Crippen MR) is 87.7 cm³/mol. The van der Waals surface area contributed by atoms with E-state index in [9.17, 15) is 4.79 Å². The Balaban J connectivity index is 2.36. The molecule has 0 saturated carbocycles. The molecule has 2 heteroatoms. The molecular weight excluding hydrogens is 272 g/mol. The molecule has 1 atom stereocenters. The Morgan fingerprint density at radius 2 is 1.68 bits per heavy atom. The van der Waals surface area contributed by atoms with Gasteiger partial charge in [0.1, 0.15) is 12.4 Å². The zero-order valence-electron chi connectivity index (χ0n) is 12.2. The van der Waals surface area contributed by atoms with Gasteiger partial charge < -0.3 is 4.74 Å². The zero-order chi connectivity index (χ0) is 15.8. The van der Waals surface area contributed by atoms with Gasteiger partial charge in [-0.05, 0) is 17.7 Å². The maximum atomic E-state index is 12.9. The lowest BCUT2D eigenvalue weighted by atomic mass is 9.88.